The van der Waals surface area contributed by atoms with Crippen molar-refractivity contribution in [2.45, 2.75) is 95.4 Å². The number of carbonyl (C=O) groups excluding carboxylic acids is 4. The predicted molar refractivity (Wildman–Crippen MR) is 230 cm³/mol. The van der Waals surface area contributed by atoms with Crippen LogP contribution in [0.5, 0.6) is 5.75 Å². The highest BCUT2D eigenvalue weighted by Crippen LogP contribution is 2.59. The number of benzene rings is 2. The fraction of sp³-hybridized carbons (Fsp3) is 0.511. The number of hydrogen-bond acceptors (Lipinski definition) is 11. The second-order valence-corrected chi connectivity index (χ2v) is 19.6. The molecule has 4 amide bonds. The Morgan fingerprint density at radius 2 is 1.75 bits per heavy atom. The molecule has 9 rings (SSSR count). The molecule has 2 aromatic carbocycles. The third kappa shape index (κ3) is 6.59. The Labute approximate surface area is 361 Å². The molecule has 4 atom stereocenters. The van der Waals surface area contributed by atoms with Gasteiger partial charge in [-0.15, -0.1) is 12.6 Å². The third-order valence-corrected chi connectivity index (χ3v) is 15.1. The average Bonchev–Trinajstić information content (AvgIpc) is 3.90. The van der Waals surface area contributed by atoms with Crippen LogP contribution in [0.15, 0.2) is 54.7 Å². The SMILES string of the molecule is CC1(C)C(Oc2ccc(C#N)c(Cl)c2)C(C)(C)C1N1C(=O)CC[C@H](N2C(=O)c3cc(N4C[C@@H]5C[C@H]4CN5CC4CCN(c5ccc(C(N)=O)cn5)CC4)ccc3[C@@H]2S)C1=O. The molecule has 6 aliphatic rings. The number of pyridine rings is 1. The van der Waals surface area contributed by atoms with Gasteiger partial charge in [-0.25, -0.2) is 4.98 Å². The van der Waals surface area contributed by atoms with Gasteiger partial charge in [-0.1, -0.05) is 45.4 Å². The van der Waals surface area contributed by atoms with Crippen LogP contribution >= 0.6 is 24.2 Å². The van der Waals surface area contributed by atoms with Gasteiger partial charge in [0.25, 0.3) is 11.8 Å². The maximum atomic E-state index is 14.6. The first kappa shape index (κ1) is 40.6. The zero-order valence-electron chi connectivity index (χ0n) is 34.4. The number of nitrogens with zero attached hydrogens (tertiary/aromatic N) is 7. The van der Waals surface area contributed by atoms with Gasteiger partial charge < -0.3 is 25.2 Å². The summed E-state index contributed by atoms with van der Waals surface area (Å²) in [5, 5.41) is 8.98. The molecule has 2 bridgehead atoms. The molecule has 5 aliphatic heterocycles. The second-order valence-electron chi connectivity index (χ2n) is 18.7. The summed E-state index contributed by atoms with van der Waals surface area (Å²) in [4.78, 5) is 68.9. The lowest BCUT2D eigenvalue weighted by molar-refractivity contribution is -0.216. The fourth-order valence-electron chi connectivity index (χ4n) is 11.7. The molecule has 6 heterocycles. The summed E-state index contributed by atoms with van der Waals surface area (Å²) in [6.45, 7) is 12.8. The lowest BCUT2D eigenvalue weighted by Crippen LogP contribution is -2.77. The molecule has 60 heavy (non-hydrogen) atoms. The molecule has 1 saturated carbocycles. The Hall–Kier alpha value is -4.84. The number of hydrogen-bond donors (Lipinski definition) is 2. The molecule has 314 valence electrons. The highest BCUT2D eigenvalue weighted by atomic mass is 35.5. The minimum Gasteiger partial charge on any atom is -0.489 e. The zero-order chi connectivity index (χ0) is 42.4. The molecular weight excluding hydrogens is 800 g/mol. The first-order chi connectivity index (χ1) is 28.6. The fourth-order valence-corrected chi connectivity index (χ4v) is 12.4. The predicted octanol–water partition coefficient (Wildman–Crippen LogP) is 5.67. The summed E-state index contributed by atoms with van der Waals surface area (Å²) in [7, 11) is 0. The van der Waals surface area contributed by atoms with Gasteiger partial charge in [0, 0.05) is 85.6 Å². The Balaban J connectivity index is 0.836. The van der Waals surface area contributed by atoms with Crippen molar-refractivity contribution in [3.05, 3.63) is 82.0 Å². The maximum absolute atomic E-state index is 14.6. The molecule has 4 saturated heterocycles. The van der Waals surface area contributed by atoms with Crippen LogP contribution in [0.4, 0.5) is 11.5 Å². The van der Waals surface area contributed by atoms with Crippen LogP contribution in [0.1, 0.15) is 97.0 Å². The number of amides is 4. The number of carbonyl (C=O) groups is 4. The van der Waals surface area contributed by atoms with E-state index in [0.29, 0.717) is 45.5 Å². The minimum atomic E-state index is -0.834. The van der Waals surface area contributed by atoms with E-state index in [0.717, 1.165) is 69.1 Å². The highest BCUT2D eigenvalue weighted by molar-refractivity contribution is 7.80. The van der Waals surface area contributed by atoms with E-state index in [2.05, 4.69) is 31.8 Å². The van der Waals surface area contributed by atoms with E-state index in [4.69, 9.17) is 34.7 Å². The third-order valence-electron chi connectivity index (χ3n) is 14.3. The Bertz CT molecular complexity index is 2290. The topological polar surface area (TPSA) is 156 Å². The highest BCUT2D eigenvalue weighted by Gasteiger charge is 2.68. The van der Waals surface area contributed by atoms with Crippen molar-refractivity contribution >= 4 is 59.4 Å². The molecule has 0 radical (unpaired) electrons. The summed E-state index contributed by atoms with van der Waals surface area (Å²) >= 11 is 11.2. The maximum Gasteiger partial charge on any atom is 0.256 e. The van der Waals surface area contributed by atoms with Crippen LogP contribution in [0.25, 0.3) is 0 Å². The van der Waals surface area contributed by atoms with Crippen molar-refractivity contribution in [1.82, 2.24) is 19.7 Å². The van der Waals surface area contributed by atoms with E-state index in [-0.39, 0.29) is 36.7 Å². The van der Waals surface area contributed by atoms with Gasteiger partial charge >= 0.3 is 0 Å². The zero-order valence-corrected chi connectivity index (χ0v) is 36.0. The summed E-state index contributed by atoms with van der Waals surface area (Å²) in [5.41, 5.74) is 7.24. The average molecular weight is 851 g/mol. The van der Waals surface area contributed by atoms with E-state index in [1.165, 1.54) is 4.90 Å². The van der Waals surface area contributed by atoms with E-state index < -0.39 is 34.2 Å². The number of imide groups is 1. The normalized spacial score (nSPS) is 28.5. The van der Waals surface area contributed by atoms with Crippen LogP contribution in [0, 0.1) is 28.1 Å². The van der Waals surface area contributed by atoms with Gasteiger partial charge in [0.05, 0.1) is 22.2 Å². The molecule has 5 fully saturated rings. The van der Waals surface area contributed by atoms with Crippen LogP contribution in [0.3, 0.4) is 0 Å². The molecule has 1 aliphatic carbocycles. The summed E-state index contributed by atoms with van der Waals surface area (Å²) < 4.78 is 6.45. The van der Waals surface area contributed by atoms with Crippen LogP contribution < -0.4 is 20.3 Å². The number of primary amides is 1. The smallest absolute Gasteiger partial charge is 0.256 e. The number of nitriles is 1. The number of aromatic nitrogens is 1. The Morgan fingerprint density at radius 3 is 2.38 bits per heavy atom. The largest absolute Gasteiger partial charge is 0.489 e. The second kappa shape index (κ2) is 15.0. The Kier molecular flexibility index (Phi) is 10.1. The van der Waals surface area contributed by atoms with Crippen LogP contribution in [-0.2, 0) is 9.59 Å². The number of thiol groups is 1. The lowest BCUT2D eigenvalue weighted by Gasteiger charge is -2.66. The number of likely N-dealkylation sites (tertiary alicyclic amines) is 2. The number of piperidine rings is 2. The van der Waals surface area contributed by atoms with Gasteiger partial charge in [-0.2, -0.15) is 5.26 Å². The lowest BCUT2D eigenvalue weighted by atomic mass is 9.48. The standard InChI is InChI=1S/C45H51ClN8O5S/c1-44(2)42(45(3,4)43(44)59-31-8-5-26(20-47)34(46)19-31)54-37(55)12-10-35(40(54)58)53-39(57)33-18-28(7-9-32(33)41(53)60)52-24-29-17-30(52)23-51(29)22-25-13-15-50(16-14-25)36-11-6-27(21-49-36)38(48)56/h5-9,11,18-19,21,25,29-30,35,41-43,60H,10,12-17,22-24H2,1-4H3,(H2,48,56)/t29-,30-,35-,41-,42?,43?/m0/s1. The van der Waals surface area contributed by atoms with Crippen molar-refractivity contribution < 1.29 is 23.9 Å². The van der Waals surface area contributed by atoms with E-state index in [9.17, 15) is 24.4 Å². The quantitative estimate of drug-likeness (QED) is 0.203. The molecule has 15 heteroatoms. The number of piperazine rings is 1. The van der Waals surface area contributed by atoms with Gasteiger partial charge in [-0.3, -0.25) is 29.0 Å². The van der Waals surface area contributed by atoms with Crippen molar-refractivity contribution in [1.29, 1.82) is 5.26 Å². The van der Waals surface area contributed by atoms with Crippen LogP contribution in [-0.4, -0.2) is 106 Å². The molecule has 2 N–H and O–H groups in total. The number of rotatable bonds is 9. The first-order valence-corrected chi connectivity index (χ1v) is 21.9. The molecule has 0 unspecified atom stereocenters. The number of fused-ring (bicyclic) bond motifs is 3. The number of nitrogens with two attached hydrogens (primary N) is 1. The van der Waals surface area contributed by atoms with Crippen LogP contribution in [0.2, 0.25) is 5.02 Å². The molecule has 3 aromatic rings. The molecule has 13 nitrogen and oxygen atoms in total. The van der Waals surface area contributed by atoms with Gasteiger partial charge in [0.15, 0.2) is 0 Å². The van der Waals surface area contributed by atoms with Gasteiger partial charge in [0.2, 0.25) is 11.8 Å². The Morgan fingerprint density at radius 1 is 1.00 bits per heavy atom. The van der Waals surface area contributed by atoms with Gasteiger partial charge in [-0.05, 0) is 73.6 Å². The molecule has 0 spiro atoms. The summed E-state index contributed by atoms with van der Waals surface area (Å²) in [6, 6.07) is 16.2. The van der Waals surface area contributed by atoms with Crippen molar-refractivity contribution in [3.8, 4) is 11.8 Å². The molecule has 1 aromatic heterocycles. The van der Waals surface area contributed by atoms with Gasteiger partial charge in [0.1, 0.15) is 35.2 Å². The number of anilines is 2. The monoisotopic (exact) mass is 850 g/mol. The van der Waals surface area contributed by atoms with Crippen molar-refractivity contribution in [3.63, 3.8) is 0 Å². The van der Waals surface area contributed by atoms with Crippen molar-refractivity contribution in [2.75, 3.05) is 42.5 Å². The summed E-state index contributed by atoms with van der Waals surface area (Å²) in [5.74, 6) is 0.660. The first-order valence-electron chi connectivity index (χ1n) is 21.0. The van der Waals surface area contributed by atoms with Crippen molar-refractivity contribution in [2.24, 2.45) is 22.5 Å². The minimum absolute atomic E-state index is 0.136. The van der Waals surface area contributed by atoms with E-state index >= 15 is 0 Å². The molecular formula is C45H51ClN8O5S. The number of ether oxygens (including phenoxy) is 1. The van der Waals surface area contributed by atoms with E-state index in [1.807, 2.05) is 45.9 Å². The van der Waals surface area contributed by atoms with E-state index in [1.54, 1.807) is 35.4 Å². The number of halogens is 1. The summed E-state index contributed by atoms with van der Waals surface area (Å²) in [6.07, 6.45) is 4.81.